The maximum absolute atomic E-state index is 6.37. The third kappa shape index (κ3) is 4.25. The normalized spacial score (nSPS) is 11.9. The molecule has 7 heteroatoms. The van der Waals surface area contributed by atoms with E-state index in [4.69, 9.17) is 28.8 Å². The second kappa shape index (κ2) is 10.7. The Morgan fingerprint density at radius 1 is 0.412 bits per heavy atom. The van der Waals surface area contributed by atoms with Crippen molar-refractivity contribution < 1.29 is 8.83 Å². The van der Waals surface area contributed by atoms with Gasteiger partial charge in [-0.25, -0.2) is 9.97 Å². The molecule has 0 atom stereocenters. The van der Waals surface area contributed by atoms with E-state index in [2.05, 4.69) is 77.4 Å². The minimum atomic E-state index is 0.565. The minimum Gasteiger partial charge on any atom is -0.456 e. The highest BCUT2D eigenvalue weighted by molar-refractivity contribution is 6.25. The van der Waals surface area contributed by atoms with Gasteiger partial charge in [0, 0.05) is 32.8 Å². The zero-order chi connectivity index (χ0) is 33.5. The molecule has 0 radical (unpaired) electrons. The fourth-order valence-electron chi connectivity index (χ4n) is 7.36. The molecule has 0 unspecified atom stereocenters. The van der Waals surface area contributed by atoms with Gasteiger partial charge in [0.1, 0.15) is 16.7 Å². The first kappa shape index (κ1) is 27.8. The molecule has 0 saturated heterocycles. The summed E-state index contributed by atoms with van der Waals surface area (Å²) in [6, 6.07) is 51.2. The molecule has 0 bridgehead atoms. The fourth-order valence-corrected chi connectivity index (χ4v) is 7.36. The summed E-state index contributed by atoms with van der Waals surface area (Å²) in [7, 11) is 0. The predicted octanol–water partition coefficient (Wildman–Crippen LogP) is 11.2. The third-order valence-electron chi connectivity index (χ3n) is 9.69. The number of aromatic nitrogens is 5. The molecule has 0 aliphatic carbocycles. The van der Waals surface area contributed by atoms with Crippen LogP contribution in [-0.4, -0.2) is 24.5 Å². The van der Waals surface area contributed by atoms with Crippen molar-refractivity contribution in [1.29, 1.82) is 0 Å². The van der Waals surface area contributed by atoms with Gasteiger partial charge >= 0.3 is 0 Å². The van der Waals surface area contributed by atoms with Gasteiger partial charge in [-0.1, -0.05) is 103 Å². The lowest BCUT2D eigenvalue weighted by Gasteiger charge is -2.11. The molecule has 0 spiro atoms. The number of nitrogens with zero attached hydrogens (tertiary/aromatic N) is 5. The SMILES string of the molecule is c1ccc(-c2nc(-c3ccc4c(ccc5oc6ccc7oc(-c8ccccc8)nc7c6c54)c3)nc(-n3c4ccccc4c4ccccc43)n2)cc1. The van der Waals surface area contributed by atoms with Gasteiger partial charge in [-0.2, -0.15) is 9.97 Å². The number of para-hydroxylation sites is 2. The van der Waals surface area contributed by atoms with Crippen molar-refractivity contribution in [1.82, 2.24) is 24.5 Å². The zero-order valence-electron chi connectivity index (χ0n) is 27.0. The molecule has 11 rings (SSSR count). The van der Waals surface area contributed by atoms with Crippen molar-refractivity contribution in [2.24, 2.45) is 0 Å². The van der Waals surface area contributed by atoms with Gasteiger partial charge in [-0.15, -0.1) is 0 Å². The monoisotopic (exact) mass is 655 g/mol. The number of fused-ring (bicyclic) bond motifs is 10. The van der Waals surface area contributed by atoms with Crippen LogP contribution in [0.1, 0.15) is 0 Å². The first-order chi connectivity index (χ1) is 25.3. The Labute approximate surface area is 290 Å². The van der Waals surface area contributed by atoms with Gasteiger partial charge in [0.15, 0.2) is 17.2 Å². The second-order valence-electron chi connectivity index (χ2n) is 12.7. The van der Waals surface area contributed by atoms with Gasteiger partial charge < -0.3 is 8.83 Å². The highest BCUT2D eigenvalue weighted by Gasteiger charge is 2.20. The number of benzene rings is 7. The second-order valence-corrected chi connectivity index (χ2v) is 12.7. The lowest BCUT2D eigenvalue weighted by atomic mass is 10.0. The molecule has 0 saturated carbocycles. The molecule has 0 aliphatic heterocycles. The van der Waals surface area contributed by atoms with Crippen molar-refractivity contribution >= 4 is 65.6 Å². The first-order valence-corrected chi connectivity index (χ1v) is 16.8. The van der Waals surface area contributed by atoms with E-state index in [0.29, 0.717) is 29.1 Å². The first-order valence-electron chi connectivity index (χ1n) is 16.8. The van der Waals surface area contributed by atoms with E-state index >= 15 is 0 Å². The number of rotatable bonds is 4. The Bertz CT molecular complexity index is 3090. The summed E-state index contributed by atoms with van der Waals surface area (Å²) in [4.78, 5) is 20.2. The Balaban J connectivity index is 1.13. The Morgan fingerprint density at radius 3 is 1.76 bits per heavy atom. The Hall–Kier alpha value is -7.12. The predicted molar refractivity (Wildman–Crippen MR) is 203 cm³/mol. The molecule has 4 aromatic heterocycles. The number of oxazole rings is 1. The zero-order valence-corrected chi connectivity index (χ0v) is 27.0. The van der Waals surface area contributed by atoms with Crippen LogP contribution in [0.5, 0.6) is 0 Å². The Morgan fingerprint density at radius 2 is 1.02 bits per heavy atom. The largest absolute Gasteiger partial charge is 0.456 e. The van der Waals surface area contributed by atoms with Gasteiger partial charge in [-0.3, -0.25) is 4.57 Å². The van der Waals surface area contributed by atoms with Crippen LogP contribution < -0.4 is 0 Å². The van der Waals surface area contributed by atoms with E-state index in [9.17, 15) is 0 Å². The number of furan rings is 1. The molecule has 0 N–H and O–H groups in total. The fraction of sp³-hybridized carbons (Fsp3) is 0. The molecular formula is C44H25N5O2. The van der Waals surface area contributed by atoms with Crippen LogP contribution in [0, 0.1) is 0 Å². The molecule has 238 valence electrons. The van der Waals surface area contributed by atoms with Gasteiger partial charge in [-0.05, 0) is 59.3 Å². The van der Waals surface area contributed by atoms with Crippen molar-refractivity contribution in [2.45, 2.75) is 0 Å². The van der Waals surface area contributed by atoms with Crippen molar-refractivity contribution in [3.63, 3.8) is 0 Å². The molecule has 11 aromatic rings. The Kier molecular flexibility index (Phi) is 5.83. The third-order valence-corrected chi connectivity index (χ3v) is 9.69. The summed E-state index contributed by atoms with van der Waals surface area (Å²) in [5.74, 6) is 2.34. The van der Waals surface area contributed by atoms with Gasteiger partial charge in [0.25, 0.3) is 0 Å². The molecular weight excluding hydrogens is 631 g/mol. The topological polar surface area (TPSA) is 82.8 Å². The van der Waals surface area contributed by atoms with E-state index in [-0.39, 0.29) is 0 Å². The molecule has 7 aromatic carbocycles. The summed E-state index contributed by atoms with van der Waals surface area (Å²) in [6.07, 6.45) is 0. The van der Waals surface area contributed by atoms with E-state index < -0.39 is 0 Å². The van der Waals surface area contributed by atoms with Crippen LogP contribution in [0.25, 0.3) is 106 Å². The minimum absolute atomic E-state index is 0.565. The summed E-state index contributed by atoms with van der Waals surface area (Å²) >= 11 is 0. The van der Waals surface area contributed by atoms with E-state index in [1.807, 2.05) is 78.9 Å². The standard InChI is InChI=1S/C44H25N5O2/c1-3-11-26(12-4-1)41-46-42(48-44(47-41)49-33-17-9-7-15-31(33)32-16-8-10-18-34(32)49)29-19-21-30-28(25-29)20-22-35-38(30)39-36(50-35)23-24-37-40(39)45-43(51-37)27-13-5-2-6-14-27/h1-25H. The molecule has 0 aliphatic rings. The molecule has 7 nitrogen and oxygen atoms in total. The van der Waals surface area contributed by atoms with Gasteiger partial charge in [0.05, 0.1) is 16.4 Å². The highest BCUT2D eigenvalue weighted by Crippen LogP contribution is 2.40. The van der Waals surface area contributed by atoms with Crippen LogP contribution >= 0.6 is 0 Å². The van der Waals surface area contributed by atoms with E-state index in [1.54, 1.807) is 0 Å². The van der Waals surface area contributed by atoms with E-state index in [1.165, 1.54) is 0 Å². The van der Waals surface area contributed by atoms with Crippen LogP contribution in [-0.2, 0) is 0 Å². The summed E-state index contributed by atoms with van der Waals surface area (Å²) in [6.45, 7) is 0. The average Bonchev–Trinajstić information content (AvgIpc) is 3.90. The smallest absolute Gasteiger partial charge is 0.238 e. The van der Waals surface area contributed by atoms with Crippen molar-refractivity contribution in [2.75, 3.05) is 0 Å². The molecule has 51 heavy (non-hydrogen) atoms. The quantitative estimate of drug-likeness (QED) is 0.188. The van der Waals surface area contributed by atoms with Crippen LogP contribution in [0.4, 0.5) is 0 Å². The number of hydrogen-bond acceptors (Lipinski definition) is 6. The lowest BCUT2D eigenvalue weighted by molar-refractivity contribution is 0.619. The maximum Gasteiger partial charge on any atom is 0.238 e. The highest BCUT2D eigenvalue weighted by atomic mass is 16.4. The van der Waals surface area contributed by atoms with Crippen molar-refractivity contribution in [3.05, 3.63) is 152 Å². The average molecular weight is 656 g/mol. The molecule has 0 amide bonds. The van der Waals surface area contributed by atoms with E-state index in [0.717, 1.165) is 76.7 Å². The van der Waals surface area contributed by atoms with Crippen LogP contribution in [0.15, 0.2) is 160 Å². The molecule has 0 fully saturated rings. The summed E-state index contributed by atoms with van der Waals surface area (Å²) in [5, 5.41) is 6.32. The maximum atomic E-state index is 6.37. The van der Waals surface area contributed by atoms with Crippen LogP contribution in [0.2, 0.25) is 0 Å². The van der Waals surface area contributed by atoms with Crippen LogP contribution in [0.3, 0.4) is 0 Å². The van der Waals surface area contributed by atoms with Gasteiger partial charge in [0.2, 0.25) is 11.8 Å². The summed E-state index contributed by atoms with van der Waals surface area (Å²) in [5.41, 5.74) is 7.86. The molecule has 4 heterocycles. The van der Waals surface area contributed by atoms with Crippen molar-refractivity contribution in [3.8, 4) is 40.2 Å². The summed E-state index contributed by atoms with van der Waals surface area (Å²) < 4.78 is 14.7. The lowest BCUT2D eigenvalue weighted by Crippen LogP contribution is -2.06. The number of hydrogen-bond donors (Lipinski definition) is 0.